The molecule has 0 N–H and O–H groups in total. The van der Waals surface area contributed by atoms with Crippen LogP contribution in [0.2, 0.25) is 0 Å². The predicted octanol–water partition coefficient (Wildman–Crippen LogP) is 3.77. The zero-order valence-corrected chi connectivity index (χ0v) is 9.34. The van der Waals surface area contributed by atoms with Crippen molar-refractivity contribution in [1.82, 2.24) is 0 Å². The molecule has 0 aromatic rings. The summed E-state index contributed by atoms with van der Waals surface area (Å²) in [5.74, 6) is 2.30. The van der Waals surface area contributed by atoms with Crippen molar-refractivity contribution in [2.45, 2.75) is 57.8 Å². The van der Waals surface area contributed by atoms with Gasteiger partial charge in [0.2, 0.25) is 0 Å². The molecule has 1 nitrogen and oxygen atoms in total. The first-order chi connectivity index (χ1) is 6.95. The second-order valence-electron chi connectivity index (χ2n) is 5.15. The molecule has 3 rings (SSSR count). The van der Waals surface area contributed by atoms with E-state index < -0.39 is 0 Å². The average Bonchev–Trinajstić information content (AvgIpc) is 2.76. The van der Waals surface area contributed by atoms with E-state index in [9.17, 15) is 0 Å². The molecule has 0 unspecified atom stereocenters. The fourth-order valence-electron chi connectivity index (χ4n) is 3.13. The number of rotatable bonds is 0. The molecule has 2 bridgehead atoms. The third-order valence-corrected chi connectivity index (χ3v) is 3.94. The van der Waals surface area contributed by atoms with Crippen molar-refractivity contribution >= 4 is 0 Å². The minimum Gasteiger partial charge on any atom is -0.381 e. The van der Waals surface area contributed by atoms with Crippen LogP contribution >= 0.6 is 0 Å². The third kappa shape index (κ3) is 3.27. The van der Waals surface area contributed by atoms with Crippen LogP contribution in [-0.4, -0.2) is 13.2 Å². The van der Waals surface area contributed by atoms with Crippen LogP contribution in [-0.2, 0) is 4.74 Å². The van der Waals surface area contributed by atoms with Crippen LogP contribution in [0, 0.1) is 11.8 Å². The van der Waals surface area contributed by atoms with Gasteiger partial charge in [-0.05, 0) is 31.1 Å². The molecule has 1 saturated heterocycles. The molecular formula is C13H24O. The summed E-state index contributed by atoms with van der Waals surface area (Å²) in [5.41, 5.74) is 0. The standard InChI is InChI=1S/C9H16.C4H8O/c1-3-8-5-2-6-9(4-1)7-8;1-2-4-5-3-1/h8-9H,1-7H2;1-4H2. The summed E-state index contributed by atoms with van der Waals surface area (Å²) in [4.78, 5) is 0. The number of ether oxygens (including phenoxy) is 1. The van der Waals surface area contributed by atoms with E-state index in [2.05, 4.69) is 0 Å². The SMILES string of the molecule is C1CC2CCCC(C1)C2.C1CCOC1. The molecule has 2 aliphatic carbocycles. The number of hydrogen-bond donors (Lipinski definition) is 0. The Balaban J connectivity index is 0.000000128. The summed E-state index contributed by atoms with van der Waals surface area (Å²) >= 11 is 0. The first-order valence-electron chi connectivity index (χ1n) is 6.53. The monoisotopic (exact) mass is 196 g/mol. The van der Waals surface area contributed by atoms with E-state index in [1.165, 1.54) is 25.7 Å². The van der Waals surface area contributed by atoms with E-state index in [-0.39, 0.29) is 0 Å². The first-order valence-corrected chi connectivity index (χ1v) is 6.53. The van der Waals surface area contributed by atoms with Gasteiger partial charge in [-0.2, -0.15) is 0 Å². The van der Waals surface area contributed by atoms with Gasteiger partial charge in [-0.15, -0.1) is 0 Å². The molecule has 1 aliphatic heterocycles. The van der Waals surface area contributed by atoms with Crippen molar-refractivity contribution in [3.63, 3.8) is 0 Å². The maximum atomic E-state index is 4.94. The maximum absolute atomic E-state index is 4.94. The van der Waals surface area contributed by atoms with Gasteiger partial charge in [0.05, 0.1) is 0 Å². The van der Waals surface area contributed by atoms with E-state index in [0.29, 0.717) is 0 Å². The maximum Gasteiger partial charge on any atom is 0.0466 e. The normalized spacial score (nSPS) is 36.0. The highest BCUT2D eigenvalue weighted by Gasteiger charge is 2.25. The zero-order chi connectivity index (χ0) is 9.64. The van der Waals surface area contributed by atoms with Gasteiger partial charge < -0.3 is 4.74 Å². The molecule has 1 heterocycles. The molecule has 0 aromatic carbocycles. The van der Waals surface area contributed by atoms with Crippen LogP contribution in [0.1, 0.15) is 57.8 Å². The van der Waals surface area contributed by atoms with Gasteiger partial charge in [0, 0.05) is 13.2 Å². The van der Waals surface area contributed by atoms with Crippen LogP contribution in [0.25, 0.3) is 0 Å². The zero-order valence-electron chi connectivity index (χ0n) is 9.34. The largest absolute Gasteiger partial charge is 0.381 e. The Morgan fingerprint density at radius 2 is 1.14 bits per heavy atom. The highest BCUT2D eigenvalue weighted by atomic mass is 16.5. The van der Waals surface area contributed by atoms with E-state index in [0.717, 1.165) is 25.0 Å². The molecule has 0 atom stereocenters. The van der Waals surface area contributed by atoms with E-state index in [1.54, 1.807) is 32.1 Å². The van der Waals surface area contributed by atoms with E-state index >= 15 is 0 Å². The van der Waals surface area contributed by atoms with Crippen LogP contribution in [0.3, 0.4) is 0 Å². The van der Waals surface area contributed by atoms with E-state index in [1.807, 2.05) is 0 Å². The van der Waals surface area contributed by atoms with Gasteiger partial charge >= 0.3 is 0 Å². The Hall–Kier alpha value is -0.0400. The van der Waals surface area contributed by atoms with Crippen molar-refractivity contribution in [3.05, 3.63) is 0 Å². The van der Waals surface area contributed by atoms with Crippen molar-refractivity contribution in [2.24, 2.45) is 11.8 Å². The van der Waals surface area contributed by atoms with Gasteiger partial charge in [0.15, 0.2) is 0 Å². The van der Waals surface area contributed by atoms with E-state index in [4.69, 9.17) is 4.74 Å². The minimum atomic E-state index is 1.00. The molecule has 3 aliphatic rings. The first kappa shape index (κ1) is 10.5. The van der Waals surface area contributed by atoms with Crippen molar-refractivity contribution in [1.29, 1.82) is 0 Å². The number of hydrogen-bond acceptors (Lipinski definition) is 1. The topological polar surface area (TPSA) is 9.23 Å². The summed E-state index contributed by atoms with van der Waals surface area (Å²) in [5, 5.41) is 0. The fourth-order valence-corrected chi connectivity index (χ4v) is 3.13. The van der Waals surface area contributed by atoms with Crippen LogP contribution in [0.15, 0.2) is 0 Å². The lowest BCUT2D eigenvalue weighted by atomic mass is 9.72. The lowest BCUT2D eigenvalue weighted by Crippen LogP contribution is -2.20. The molecule has 0 aromatic heterocycles. The van der Waals surface area contributed by atoms with Crippen LogP contribution < -0.4 is 0 Å². The van der Waals surface area contributed by atoms with Gasteiger partial charge in [0.1, 0.15) is 0 Å². The molecule has 0 radical (unpaired) electrons. The smallest absolute Gasteiger partial charge is 0.0466 e. The predicted molar refractivity (Wildman–Crippen MR) is 59.4 cm³/mol. The second kappa shape index (κ2) is 5.75. The van der Waals surface area contributed by atoms with Crippen LogP contribution in [0.4, 0.5) is 0 Å². The molecule has 0 spiro atoms. The molecule has 1 heteroatoms. The average molecular weight is 196 g/mol. The number of fused-ring (bicyclic) bond motifs is 2. The Kier molecular flexibility index (Phi) is 4.30. The minimum absolute atomic E-state index is 1.00. The van der Waals surface area contributed by atoms with Crippen molar-refractivity contribution < 1.29 is 4.74 Å². The summed E-state index contributed by atoms with van der Waals surface area (Å²) < 4.78 is 4.94. The lowest BCUT2D eigenvalue weighted by molar-refractivity contribution is 0.190. The Bertz CT molecular complexity index is 124. The Labute approximate surface area is 88.2 Å². The van der Waals surface area contributed by atoms with Gasteiger partial charge in [-0.25, -0.2) is 0 Å². The molecule has 0 amide bonds. The van der Waals surface area contributed by atoms with Crippen molar-refractivity contribution in [3.8, 4) is 0 Å². The second-order valence-corrected chi connectivity index (χ2v) is 5.15. The highest BCUT2D eigenvalue weighted by molar-refractivity contribution is 4.77. The molecule has 14 heavy (non-hydrogen) atoms. The fraction of sp³-hybridized carbons (Fsp3) is 1.00. The summed E-state index contributed by atoms with van der Waals surface area (Å²) in [6.45, 7) is 2.00. The Morgan fingerprint density at radius 3 is 1.43 bits per heavy atom. The molecule has 2 saturated carbocycles. The van der Waals surface area contributed by atoms with Crippen molar-refractivity contribution in [2.75, 3.05) is 13.2 Å². The summed E-state index contributed by atoms with van der Waals surface area (Å²) in [7, 11) is 0. The molecule has 82 valence electrons. The summed E-state index contributed by atoms with van der Waals surface area (Å²) in [6.07, 6.45) is 13.4. The van der Waals surface area contributed by atoms with Gasteiger partial charge in [-0.1, -0.05) is 38.5 Å². The third-order valence-electron chi connectivity index (χ3n) is 3.94. The molecular weight excluding hydrogens is 172 g/mol. The Morgan fingerprint density at radius 1 is 0.643 bits per heavy atom. The highest BCUT2D eigenvalue weighted by Crippen LogP contribution is 2.39. The van der Waals surface area contributed by atoms with Gasteiger partial charge in [0.25, 0.3) is 0 Å². The lowest BCUT2D eigenvalue weighted by Gasteiger charge is -2.33. The summed E-state index contributed by atoms with van der Waals surface area (Å²) in [6, 6.07) is 0. The quantitative estimate of drug-likeness (QED) is 0.573. The molecule has 3 fully saturated rings. The van der Waals surface area contributed by atoms with Gasteiger partial charge in [-0.3, -0.25) is 0 Å². The van der Waals surface area contributed by atoms with Crippen LogP contribution in [0.5, 0.6) is 0 Å².